The van der Waals surface area contributed by atoms with Gasteiger partial charge in [0.05, 0.1) is 21.3 Å². The lowest BCUT2D eigenvalue weighted by atomic mass is 10.2. The number of halogens is 1. The summed E-state index contributed by atoms with van der Waals surface area (Å²) in [5.74, 6) is -0.920. The Labute approximate surface area is 224 Å². The Bertz CT molecular complexity index is 1900. The number of rotatable bonds is 6. The number of thiazole rings is 1. The number of nitrogen functional groups attached to an aromatic ring is 1. The average molecular weight is 539 g/mol. The normalized spacial score (nSPS) is 11.2. The molecule has 4 heterocycles. The van der Waals surface area contributed by atoms with Crippen LogP contribution in [0, 0.1) is 5.82 Å². The summed E-state index contributed by atoms with van der Waals surface area (Å²) in [5.41, 5.74) is 15.4. The maximum Gasteiger partial charge on any atom is 0.280 e. The number of nitrogens with two attached hydrogens (primary N) is 2. The van der Waals surface area contributed by atoms with E-state index in [9.17, 15) is 14.0 Å². The molecule has 0 saturated carbocycles. The summed E-state index contributed by atoms with van der Waals surface area (Å²) in [6.07, 6.45) is 3.32. The van der Waals surface area contributed by atoms with Crippen LogP contribution in [0.5, 0.6) is 0 Å². The van der Waals surface area contributed by atoms with Crippen LogP contribution in [0.25, 0.3) is 38.5 Å². The maximum atomic E-state index is 13.8. The molecule has 6 aromatic rings. The minimum atomic E-state index is -0.787. The van der Waals surface area contributed by atoms with Crippen molar-refractivity contribution in [2.45, 2.75) is 6.54 Å². The van der Waals surface area contributed by atoms with E-state index in [1.165, 1.54) is 0 Å². The predicted molar refractivity (Wildman–Crippen MR) is 146 cm³/mol. The molecule has 0 fully saturated rings. The molecule has 2 amide bonds. The average Bonchev–Trinajstić information content (AvgIpc) is 3.53. The number of fused-ring (bicyclic) bond motifs is 2. The van der Waals surface area contributed by atoms with Gasteiger partial charge in [0.15, 0.2) is 16.5 Å². The second kappa shape index (κ2) is 9.58. The Morgan fingerprint density at radius 1 is 0.974 bits per heavy atom. The molecule has 39 heavy (non-hydrogen) atoms. The first-order valence-corrected chi connectivity index (χ1v) is 12.5. The summed E-state index contributed by atoms with van der Waals surface area (Å²) in [6.45, 7) is 0.220. The maximum absolute atomic E-state index is 13.8. The molecule has 0 radical (unpaired) electrons. The van der Waals surface area contributed by atoms with Crippen molar-refractivity contribution >= 4 is 50.3 Å². The van der Waals surface area contributed by atoms with E-state index < -0.39 is 17.6 Å². The highest BCUT2D eigenvalue weighted by molar-refractivity contribution is 7.20. The van der Waals surface area contributed by atoms with Gasteiger partial charge in [-0.3, -0.25) is 14.2 Å². The molecule has 10 nitrogen and oxygen atoms in total. The summed E-state index contributed by atoms with van der Waals surface area (Å²) in [4.78, 5) is 42.1. The number of anilines is 1. The van der Waals surface area contributed by atoms with E-state index in [1.807, 2.05) is 47.0 Å². The topological polar surface area (TPSA) is 155 Å². The molecule has 0 aliphatic rings. The largest absolute Gasteiger partial charge is 0.383 e. The molecule has 0 atom stereocenters. The lowest BCUT2D eigenvalue weighted by Gasteiger charge is -2.11. The zero-order valence-corrected chi connectivity index (χ0v) is 20.9. The highest BCUT2D eigenvalue weighted by Crippen LogP contribution is 2.30. The van der Waals surface area contributed by atoms with Gasteiger partial charge in [0.1, 0.15) is 17.2 Å². The first-order chi connectivity index (χ1) is 18.9. The summed E-state index contributed by atoms with van der Waals surface area (Å²) < 4.78 is 16.1. The number of pyridine rings is 2. The Balaban J connectivity index is 1.26. The molecule has 4 aromatic heterocycles. The third-order valence-corrected chi connectivity index (χ3v) is 7.16. The van der Waals surface area contributed by atoms with E-state index in [1.54, 1.807) is 18.5 Å². The van der Waals surface area contributed by atoms with Crippen LogP contribution in [0.15, 0.2) is 73.1 Å². The van der Waals surface area contributed by atoms with Crippen LogP contribution in [0.2, 0.25) is 0 Å². The number of nitrogens with one attached hydrogen (secondary N) is 1. The second-order valence-electron chi connectivity index (χ2n) is 8.59. The SMILES string of the molecule is NC(=O)c1cc(F)cc2nc(C(=O)NCc3ccc(-n4c(-c5cccnc5N)nc5cccnc54)cc3)sc12. The third-order valence-electron chi connectivity index (χ3n) is 6.06. The van der Waals surface area contributed by atoms with E-state index in [0.29, 0.717) is 33.1 Å². The molecule has 0 spiro atoms. The fourth-order valence-electron chi connectivity index (χ4n) is 4.24. The summed E-state index contributed by atoms with van der Waals surface area (Å²) >= 11 is 0.983. The van der Waals surface area contributed by atoms with Gasteiger partial charge in [-0.05, 0) is 48.0 Å². The molecule has 0 saturated heterocycles. The zero-order chi connectivity index (χ0) is 27.1. The van der Waals surface area contributed by atoms with Gasteiger partial charge in [0.2, 0.25) is 5.91 Å². The van der Waals surface area contributed by atoms with Gasteiger partial charge in [-0.2, -0.15) is 0 Å². The van der Waals surface area contributed by atoms with E-state index in [4.69, 9.17) is 16.5 Å². The lowest BCUT2D eigenvalue weighted by Crippen LogP contribution is -2.22. The molecular weight excluding hydrogens is 519 g/mol. The number of carbonyl (C=O) groups excluding carboxylic acids is 2. The van der Waals surface area contributed by atoms with E-state index in [0.717, 1.165) is 34.7 Å². The van der Waals surface area contributed by atoms with E-state index in [2.05, 4.69) is 20.3 Å². The fraction of sp³-hybridized carbons (Fsp3) is 0.0370. The second-order valence-corrected chi connectivity index (χ2v) is 9.59. The highest BCUT2D eigenvalue weighted by Gasteiger charge is 2.19. The number of imidazole rings is 1. The van der Waals surface area contributed by atoms with Crippen LogP contribution in [-0.2, 0) is 6.54 Å². The summed E-state index contributed by atoms with van der Waals surface area (Å²) in [7, 11) is 0. The standard InChI is InChI=1S/C27H19FN8O2S/c28-15-11-18(23(30)37)21-20(12-15)35-27(39-21)26(38)33-13-14-5-7-16(8-6-14)36-24(17-3-1-9-31-22(17)29)34-19-4-2-10-32-25(19)36/h1-12H,13H2,(H2,29,31)(H2,30,37)(H,33,38). The quantitative estimate of drug-likeness (QED) is 0.291. The van der Waals surface area contributed by atoms with Gasteiger partial charge in [-0.1, -0.05) is 12.1 Å². The van der Waals surface area contributed by atoms with Gasteiger partial charge in [0.25, 0.3) is 5.91 Å². The van der Waals surface area contributed by atoms with Crippen molar-refractivity contribution in [3.05, 3.63) is 95.0 Å². The van der Waals surface area contributed by atoms with Crippen molar-refractivity contribution in [2.24, 2.45) is 5.73 Å². The van der Waals surface area contributed by atoms with E-state index in [-0.39, 0.29) is 22.6 Å². The van der Waals surface area contributed by atoms with Crippen molar-refractivity contribution in [1.29, 1.82) is 0 Å². The minimum absolute atomic E-state index is 0.00827. The fourth-order valence-corrected chi connectivity index (χ4v) is 5.22. The number of hydrogen-bond donors (Lipinski definition) is 3. The smallest absolute Gasteiger partial charge is 0.280 e. The van der Waals surface area contributed by atoms with Gasteiger partial charge in [-0.15, -0.1) is 11.3 Å². The molecule has 6 rings (SSSR count). The number of aromatic nitrogens is 5. The number of benzene rings is 2. The number of primary amides is 1. The van der Waals surface area contributed by atoms with Crippen LogP contribution in [0.4, 0.5) is 10.2 Å². The Hall–Kier alpha value is -5.23. The minimum Gasteiger partial charge on any atom is -0.383 e. The Kier molecular flexibility index (Phi) is 5.92. The first-order valence-electron chi connectivity index (χ1n) is 11.7. The van der Waals surface area contributed by atoms with Gasteiger partial charge < -0.3 is 16.8 Å². The molecule has 0 aliphatic carbocycles. The van der Waals surface area contributed by atoms with Crippen LogP contribution >= 0.6 is 11.3 Å². The Morgan fingerprint density at radius 2 is 1.74 bits per heavy atom. The number of carbonyl (C=O) groups is 2. The van der Waals surface area contributed by atoms with Crippen LogP contribution in [0.3, 0.4) is 0 Å². The van der Waals surface area contributed by atoms with Crippen molar-refractivity contribution in [3.63, 3.8) is 0 Å². The van der Waals surface area contributed by atoms with Crippen molar-refractivity contribution < 1.29 is 14.0 Å². The molecule has 0 bridgehead atoms. The van der Waals surface area contributed by atoms with Crippen molar-refractivity contribution in [1.82, 2.24) is 29.8 Å². The molecule has 5 N–H and O–H groups in total. The zero-order valence-electron chi connectivity index (χ0n) is 20.1. The molecule has 192 valence electrons. The summed E-state index contributed by atoms with van der Waals surface area (Å²) in [5, 5.41) is 2.91. The molecule has 0 unspecified atom stereocenters. The number of amides is 2. The van der Waals surface area contributed by atoms with Crippen LogP contribution in [0.1, 0.15) is 25.7 Å². The molecule has 12 heteroatoms. The predicted octanol–water partition coefficient (Wildman–Crippen LogP) is 3.84. The number of nitrogens with zero attached hydrogens (tertiary/aromatic N) is 5. The first kappa shape index (κ1) is 24.1. The third kappa shape index (κ3) is 4.42. The van der Waals surface area contributed by atoms with Crippen molar-refractivity contribution in [3.8, 4) is 17.1 Å². The molecule has 0 aliphatic heterocycles. The van der Waals surface area contributed by atoms with E-state index >= 15 is 0 Å². The monoisotopic (exact) mass is 538 g/mol. The molecular formula is C27H19FN8O2S. The Morgan fingerprint density at radius 3 is 2.51 bits per heavy atom. The molecule has 2 aromatic carbocycles. The van der Waals surface area contributed by atoms with Crippen LogP contribution < -0.4 is 16.8 Å². The highest BCUT2D eigenvalue weighted by atomic mass is 32.1. The number of hydrogen-bond acceptors (Lipinski definition) is 8. The van der Waals surface area contributed by atoms with Crippen LogP contribution in [-0.4, -0.2) is 36.3 Å². The van der Waals surface area contributed by atoms with Gasteiger partial charge in [-0.25, -0.2) is 24.3 Å². The van der Waals surface area contributed by atoms with Gasteiger partial charge >= 0.3 is 0 Å². The lowest BCUT2D eigenvalue weighted by molar-refractivity contribution is 0.0949. The van der Waals surface area contributed by atoms with Crippen molar-refractivity contribution in [2.75, 3.05) is 5.73 Å². The van der Waals surface area contributed by atoms with Gasteiger partial charge in [0, 0.05) is 30.7 Å². The summed E-state index contributed by atoms with van der Waals surface area (Å²) in [6, 6.07) is 17.1.